The molecule has 0 saturated heterocycles. The minimum atomic E-state index is -1.18. The minimum Gasteiger partial charge on any atom is -0.387 e. The van der Waals surface area contributed by atoms with Crippen molar-refractivity contribution >= 4 is 10.8 Å². The van der Waals surface area contributed by atoms with Crippen molar-refractivity contribution in [3.8, 4) is 0 Å². The Morgan fingerprint density at radius 2 is 1.32 bits per heavy atom. The lowest BCUT2D eigenvalue weighted by atomic mass is 9.77. The van der Waals surface area contributed by atoms with Gasteiger partial charge in [-0.2, -0.15) is 0 Å². The summed E-state index contributed by atoms with van der Waals surface area (Å²) in [4.78, 5) is 0. The van der Waals surface area contributed by atoms with E-state index in [9.17, 15) is 5.11 Å². The summed E-state index contributed by atoms with van der Waals surface area (Å²) >= 11 is 0. The molecule has 158 valence electrons. The number of fused-ring (bicyclic) bond motifs is 1. The van der Waals surface area contributed by atoms with E-state index in [1.54, 1.807) is 0 Å². The molecule has 0 aliphatic rings. The fraction of sp³-hybridized carbons (Fsp3) is 0.214. The van der Waals surface area contributed by atoms with E-state index in [4.69, 9.17) is 11.5 Å². The van der Waals surface area contributed by atoms with Crippen LogP contribution in [-0.2, 0) is 19.4 Å². The number of nitrogens with two attached hydrogens (primary N) is 2. The summed E-state index contributed by atoms with van der Waals surface area (Å²) in [6.45, 7) is 2.51. The van der Waals surface area contributed by atoms with Gasteiger partial charge in [-0.25, -0.2) is 0 Å². The van der Waals surface area contributed by atoms with E-state index in [1.807, 2.05) is 60.7 Å². The molecule has 0 saturated carbocycles. The molecular formula is C28H30N2O. The third-order valence-electron chi connectivity index (χ3n) is 6.33. The van der Waals surface area contributed by atoms with E-state index in [1.165, 1.54) is 0 Å². The lowest BCUT2D eigenvalue weighted by molar-refractivity contribution is 0.0137. The fourth-order valence-corrected chi connectivity index (χ4v) is 4.49. The Bertz CT molecular complexity index is 1180. The summed E-state index contributed by atoms with van der Waals surface area (Å²) in [5.41, 5.74) is 17.0. The maximum Gasteiger partial charge on any atom is 0.0920 e. The Labute approximate surface area is 184 Å². The number of aryl methyl sites for hydroxylation is 1. The van der Waals surface area contributed by atoms with Gasteiger partial charge in [0.2, 0.25) is 0 Å². The first kappa shape index (κ1) is 21.3. The monoisotopic (exact) mass is 410 g/mol. The van der Waals surface area contributed by atoms with Gasteiger partial charge in [0, 0.05) is 19.4 Å². The Hall–Kier alpha value is -2.98. The molecule has 0 spiro atoms. The van der Waals surface area contributed by atoms with Crippen LogP contribution >= 0.6 is 0 Å². The Morgan fingerprint density at radius 3 is 2.06 bits per heavy atom. The van der Waals surface area contributed by atoms with Gasteiger partial charge in [-0.3, -0.25) is 0 Å². The summed E-state index contributed by atoms with van der Waals surface area (Å²) in [5.74, 6) is 0. The molecule has 4 aromatic rings. The molecule has 0 aromatic heterocycles. The minimum absolute atomic E-state index is 0.430. The van der Waals surface area contributed by atoms with Crippen LogP contribution in [0.25, 0.3) is 10.8 Å². The Morgan fingerprint density at radius 1 is 0.742 bits per heavy atom. The van der Waals surface area contributed by atoms with Gasteiger partial charge in [0.1, 0.15) is 0 Å². The first-order valence-electron chi connectivity index (χ1n) is 10.8. The van der Waals surface area contributed by atoms with Crippen LogP contribution in [0, 0.1) is 6.92 Å². The quantitative estimate of drug-likeness (QED) is 0.409. The van der Waals surface area contributed by atoms with E-state index in [0.717, 1.165) is 38.6 Å². The first-order valence-corrected chi connectivity index (χ1v) is 10.8. The molecule has 0 bridgehead atoms. The van der Waals surface area contributed by atoms with Crippen molar-refractivity contribution in [1.29, 1.82) is 0 Å². The van der Waals surface area contributed by atoms with E-state index in [0.29, 0.717) is 19.4 Å². The maximum atomic E-state index is 12.2. The number of rotatable bonds is 7. The average molecular weight is 411 g/mol. The third-order valence-corrected chi connectivity index (χ3v) is 6.33. The van der Waals surface area contributed by atoms with Gasteiger partial charge in [-0.15, -0.1) is 0 Å². The molecule has 4 aromatic carbocycles. The molecule has 0 heterocycles. The van der Waals surface area contributed by atoms with Crippen molar-refractivity contribution in [2.45, 2.75) is 38.0 Å². The van der Waals surface area contributed by atoms with Crippen LogP contribution in [0.15, 0.2) is 91.0 Å². The molecule has 4 rings (SSSR count). The standard InChI is InChI=1S/C28H30N2O/c1-20-9-2-3-11-22(20)17-28(31,18-23-12-4-5-13-24(23)19-29)27(30)26-16-8-14-21-10-6-7-15-25(21)26/h2-16,27,31H,17-19,29-30H2,1H3/t27-,28?/m1/s1. The Kier molecular flexibility index (Phi) is 6.19. The smallest absolute Gasteiger partial charge is 0.0920 e. The molecule has 0 aliphatic heterocycles. The number of hydrogen-bond acceptors (Lipinski definition) is 3. The van der Waals surface area contributed by atoms with Crippen LogP contribution in [0.2, 0.25) is 0 Å². The van der Waals surface area contributed by atoms with Crippen LogP contribution in [0.4, 0.5) is 0 Å². The van der Waals surface area contributed by atoms with Crippen LogP contribution in [0.1, 0.15) is 33.9 Å². The maximum absolute atomic E-state index is 12.2. The first-order chi connectivity index (χ1) is 15.0. The zero-order valence-corrected chi connectivity index (χ0v) is 18.0. The third kappa shape index (κ3) is 4.40. The second kappa shape index (κ2) is 9.03. The molecule has 1 unspecified atom stereocenters. The molecule has 2 atom stereocenters. The highest BCUT2D eigenvalue weighted by Gasteiger charge is 2.37. The second-order valence-electron chi connectivity index (χ2n) is 8.40. The van der Waals surface area contributed by atoms with Crippen molar-refractivity contribution in [3.63, 3.8) is 0 Å². The molecule has 0 aliphatic carbocycles. The van der Waals surface area contributed by atoms with Gasteiger partial charge in [0.25, 0.3) is 0 Å². The topological polar surface area (TPSA) is 72.3 Å². The summed E-state index contributed by atoms with van der Waals surface area (Å²) in [7, 11) is 0. The van der Waals surface area contributed by atoms with Gasteiger partial charge in [-0.05, 0) is 45.5 Å². The van der Waals surface area contributed by atoms with Crippen LogP contribution in [0.3, 0.4) is 0 Å². The second-order valence-corrected chi connectivity index (χ2v) is 8.40. The number of aliphatic hydroxyl groups is 1. The van der Waals surface area contributed by atoms with Gasteiger partial charge in [0.15, 0.2) is 0 Å². The molecule has 0 radical (unpaired) electrons. The average Bonchev–Trinajstić information content (AvgIpc) is 2.80. The van der Waals surface area contributed by atoms with Gasteiger partial charge < -0.3 is 16.6 Å². The molecular weight excluding hydrogens is 380 g/mol. The van der Waals surface area contributed by atoms with Gasteiger partial charge >= 0.3 is 0 Å². The van der Waals surface area contributed by atoms with Crippen molar-refractivity contribution in [3.05, 3.63) is 119 Å². The van der Waals surface area contributed by atoms with E-state index >= 15 is 0 Å². The molecule has 5 N–H and O–H groups in total. The summed E-state index contributed by atoms with van der Waals surface area (Å²) < 4.78 is 0. The largest absolute Gasteiger partial charge is 0.387 e. The van der Waals surface area contributed by atoms with Crippen LogP contribution in [0.5, 0.6) is 0 Å². The summed E-state index contributed by atoms with van der Waals surface area (Å²) in [6, 6.07) is 30.0. The van der Waals surface area contributed by atoms with Crippen LogP contribution < -0.4 is 11.5 Å². The molecule has 31 heavy (non-hydrogen) atoms. The highest BCUT2D eigenvalue weighted by Crippen LogP contribution is 2.35. The summed E-state index contributed by atoms with van der Waals surface area (Å²) in [5, 5.41) is 14.4. The van der Waals surface area contributed by atoms with Crippen LogP contribution in [-0.4, -0.2) is 10.7 Å². The fourth-order valence-electron chi connectivity index (χ4n) is 4.49. The highest BCUT2D eigenvalue weighted by atomic mass is 16.3. The molecule has 3 nitrogen and oxygen atoms in total. The van der Waals surface area contributed by atoms with E-state index in [2.05, 4.69) is 37.3 Å². The van der Waals surface area contributed by atoms with Crippen molar-refractivity contribution in [2.24, 2.45) is 11.5 Å². The molecule has 0 fully saturated rings. The molecule has 3 heteroatoms. The number of hydrogen-bond donors (Lipinski definition) is 3. The predicted octanol–water partition coefficient (Wildman–Crippen LogP) is 4.82. The lowest BCUT2D eigenvalue weighted by Crippen LogP contribution is -2.45. The van der Waals surface area contributed by atoms with E-state index in [-0.39, 0.29) is 0 Å². The van der Waals surface area contributed by atoms with Gasteiger partial charge in [0.05, 0.1) is 11.6 Å². The van der Waals surface area contributed by atoms with Gasteiger partial charge in [-0.1, -0.05) is 91.0 Å². The lowest BCUT2D eigenvalue weighted by Gasteiger charge is -2.36. The van der Waals surface area contributed by atoms with E-state index < -0.39 is 11.6 Å². The van der Waals surface area contributed by atoms with Crippen molar-refractivity contribution < 1.29 is 5.11 Å². The normalized spacial score (nSPS) is 14.3. The highest BCUT2D eigenvalue weighted by molar-refractivity contribution is 5.86. The molecule has 0 amide bonds. The van der Waals surface area contributed by atoms with Crippen molar-refractivity contribution in [2.75, 3.05) is 0 Å². The summed E-state index contributed by atoms with van der Waals surface area (Å²) in [6.07, 6.45) is 0.891. The predicted molar refractivity (Wildman–Crippen MR) is 129 cm³/mol. The number of benzene rings is 4. The zero-order valence-electron chi connectivity index (χ0n) is 18.0. The zero-order chi connectivity index (χ0) is 21.8. The Balaban J connectivity index is 1.82. The van der Waals surface area contributed by atoms with Crippen molar-refractivity contribution in [1.82, 2.24) is 0 Å². The SMILES string of the molecule is Cc1ccccc1CC(O)(Cc1ccccc1CN)[C@H](N)c1cccc2ccccc12.